The van der Waals surface area contributed by atoms with E-state index in [1.807, 2.05) is 24.3 Å². The highest BCUT2D eigenvalue weighted by atomic mass is 16.6. The monoisotopic (exact) mass is 434 g/mol. The van der Waals surface area contributed by atoms with Gasteiger partial charge >= 0.3 is 0 Å². The Kier molecular flexibility index (Phi) is 5.89. The van der Waals surface area contributed by atoms with Gasteiger partial charge in [-0.2, -0.15) is 0 Å². The van der Waals surface area contributed by atoms with Gasteiger partial charge in [0.05, 0.1) is 11.2 Å². The zero-order valence-corrected chi connectivity index (χ0v) is 17.5. The number of hydrogen-bond donors (Lipinski definition) is 1. The molecule has 0 radical (unpaired) electrons. The molecule has 4 rings (SSSR count). The molecule has 9 heteroatoms. The summed E-state index contributed by atoms with van der Waals surface area (Å²) < 4.78 is 5.19. The molecule has 1 aliphatic heterocycles. The van der Waals surface area contributed by atoms with Crippen molar-refractivity contribution in [1.82, 2.24) is 4.90 Å². The number of nitrogens with zero attached hydrogens (tertiary/aromatic N) is 3. The molecule has 2 aromatic carbocycles. The van der Waals surface area contributed by atoms with E-state index in [1.165, 1.54) is 24.5 Å². The zero-order valence-electron chi connectivity index (χ0n) is 17.5. The van der Waals surface area contributed by atoms with Gasteiger partial charge < -0.3 is 19.5 Å². The summed E-state index contributed by atoms with van der Waals surface area (Å²) in [6.07, 6.45) is 1.49. The quantitative estimate of drug-likeness (QED) is 0.484. The van der Waals surface area contributed by atoms with Crippen LogP contribution in [0.2, 0.25) is 0 Å². The fraction of sp³-hybridized carbons (Fsp3) is 0.217. The third kappa shape index (κ3) is 4.46. The van der Waals surface area contributed by atoms with Crippen LogP contribution in [0, 0.1) is 17.0 Å². The number of nitro benzene ring substituents is 1. The van der Waals surface area contributed by atoms with E-state index in [0.29, 0.717) is 48.8 Å². The van der Waals surface area contributed by atoms with Crippen LogP contribution in [0.3, 0.4) is 0 Å². The molecule has 2 heterocycles. The summed E-state index contributed by atoms with van der Waals surface area (Å²) in [5.74, 6) is -0.0863. The van der Waals surface area contributed by atoms with E-state index < -0.39 is 4.92 Å². The second-order valence-corrected chi connectivity index (χ2v) is 7.52. The van der Waals surface area contributed by atoms with Crippen LogP contribution in [0.1, 0.15) is 26.5 Å². The van der Waals surface area contributed by atoms with Gasteiger partial charge in [-0.3, -0.25) is 19.7 Å². The van der Waals surface area contributed by atoms with E-state index in [4.69, 9.17) is 4.42 Å². The van der Waals surface area contributed by atoms with Gasteiger partial charge in [0.1, 0.15) is 0 Å². The Balaban J connectivity index is 1.34. The summed E-state index contributed by atoms with van der Waals surface area (Å²) in [5, 5.41) is 13.8. The fourth-order valence-corrected chi connectivity index (χ4v) is 3.68. The van der Waals surface area contributed by atoms with Crippen molar-refractivity contribution in [3.63, 3.8) is 0 Å². The highest BCUT2D eigenvalue weighted by Gasteiger charge is 2.24. The average molecular weight is 434 g/mol. The van der Waals surface area contributed by atoms with E-state index in [2.05, 4.69) is 10.2 Å². The third-order valence-electron chi connectivity index (χ3n) is 5.44. The number of nitro groups is 1. The van der Waals surface area contributed by atoms with Crippen LogP contribution in [-0.2, 0) is 0 Å². The molecule has 164 valence electrons. The van der Waals surface area contributed by atoms with Crippen LogP contribution >= 0.6 is 0 Å². The molecule has 1 aliphatic rings. The van der Waals surface area contributed by atoms with Crippen LogP contribution in [-0.4, -0.2) is 47.8 Å². The molecule has 1 saturated heterocycles. The number of hydrogen-bond acceptors (Lipinski definition) is 6. The smallest absolute Gasteiger partial charge is 0.289 e. The maximum absolute atomic E-state index is 12.5. The molecule has 32 heavy (non-hydrogen) atoms. The van der Waals surface area contributed by atoms with Crippen molar-refractivity contribution in [2.75, 3.05) is 36.4 Å². The van der Waals surface area contributed by atoms with Gasteiger partial charge in [0.2, 0.25) is 0 Å². The van der Waals surface area contributed by atoms with Gasteiger partial charge in [0, 0.05) is 54.7 Å². The first-order valence-electron chi connectivity index (χ1n) is 10.2. The lowest BCUT2D eigenvalue weighted by molar-refractivity contribution is -0.385. The molecule has 0 unspecified atom stereocenters. The predicted molar refractivity (Wildman–Crippen MR) is 119 cm³/mol. The summed E-state index contributed by atoms with van der Waals surface area (Å²) in [4.78, 5) is 39.3. The molecule has 1 N–H and O–H groups in total. The van der Waals surface area contributed by atoms with E-state index in [1.54, 1.807) is 24.0 Å². The van der Waals surface area contributed by atoms with Gasteiger partial charge in [-0.25, -0.2) is 0 Å². The lowest BCUT2D eigenvalue weighted by atomic mass is 10.1. The number of furan rings is 1. The summed E-state index contributed by atoms with van der Waals surface area (Å²) in [6.45, 7) is 4.18. The first-order chi connectivity index (χ1) is 15.4. The van der Waals surface area contributed by atoms with Crippen molar-refractivity contribution in [3.05, 3.63) is 87.9 Å². The van der Waals surface area contributed by atoms with Gasteiger partial charge in [0.25, 0.3) is 17.5 Å². The van der Waals surface area contributed by atoms with E-state index >= 15 is 0 Å². The molecule has 0 spiro atoms. The van der Waals surface area contributed by atoms with E-state index in [0.717, 1.165) is 5.69 Å². The number of amides is 2. The van der Waals surface area contributed by atoms with Crippen LogP contribution in [0.15, 0.2) is 65.3 Å². The fourth-order valence-electron chi connectivity index (χ4n) is 3.68. The Labute approximate surface area is 184 Å². The van der Waals surface area contributed by atoms with Crippen molar-refractivity contribution in [2.24, 2.45) is 0 Å². The highest BCUT2D eigenvalue weighted by Crippen LogP contribution is 2.22. The zero-order chi connectivity index (χ0) is 22.7. The van der Waals surface area contributed by atoms with Crippen LogP contribution < -0.4 is 10.2 Å². The number of carbonyl (C=O) groups excluding carboxylic acids is 2. The second-order valence-electron chi connectivity index (χ2n) is 7.52. The summed E-state index contributed by atoms with van der Waals surface area (Å²) in [6, 6.07) is 15.1. The van der Waals surface area contributed by atoms with Gasteiger partial charge in [-0.1, -0.05) is 0 Å². The van der Waals surface area contributed by atoms with E-state index in [-0.39, 0.29) is 17.5 Å². The largest absolute Gasteiger partial charge is 0.459 e. The number of aryl methyl sites for hydroxylation is 1. The van der Waals surface area contributed by atoms with E-state index in [9.17, 15) is 19.7 Å². The minimum Gasteiger partial charge on any atom is -0.459 e. The molecule has 2 amide bonds. The first kappa shape index (κ1) is 21.1. The predicted octanol–water partition coefficient (Wildman–Crippen LogP) is 3.71. The molecule has 9 nitrogen and oxygen atoms in total. The Morgan fingerprint density at radius 1 is 1.03 bits per heavy atom. The minimum atomic E-state index is -0.470. The Bertz CT molecular complexity index is 1130. The highest BCUT2D eigenvalue weighted by molar-refractivity contribution is 6.04. The number of rotatable bonds is 5. The molecular formula is C23H22N4O5. The maximum Gasteiger partial charge on any atom is 0.289 e. The summed E-state index contributed by atoms with van der Waals surface area (Å²) >= 11 is 0. The van der Waals surface area contributed by atoms with Gasteiger partial charge in [-0.05, 0) is 55.5 Å². The summed E-state index contributed by atoms with van der Waals surface area (Å²) in [5.41, 5.74) is 2.40. The number of piperazine rings is 1. The van der Waals surface area contributed by atoms with Crippen LogP contribution in [0.25, 0.3) is 0 Å². The maximum atomic E-state index is 12.5. The average Bonchev–Trinajstić information content (AvgIpc) is 3.34. The lowest BCUT2D eigenvalue weighted by Crippen LogP contribution is -2.48. The van der Waals surface area contributed by atoms with Crippen LogP contribution in [0.5, 0.6) is 0 Å². The van der Waals surface area contributed by atoms with Gasteiger partial charge in [0.15, 0.2) is 5.76 Å². The number of carbonyl (C=O) groups is 2. The van der Waals surface area contributed by atoms with Crippen LogP contribution in [0.4, 0.5) is 17.1 Å². The molecule has 1 aromatic heterocycles. The molecule has 0 atom stereocenters. The normalized spacial score (nSPS) is 13.7. The van der Waals surface area contributed by atoms with Crippen molar-refractivity contribution >= 4 is 28.9 Å². The molecule has 0 bridgehead atoms. The lowest BCUT2D eigenvalue weighted by Gasteiger charge is -2.35. The number of anilines is 2. The van der Waals surface area contributed by atoms with Crippen molar-refractivity contribution in [1.29, 1.82) is 0 Å². The molecule has 0 saturated carbocycles. The first-order valence-corrected chi connectivity index (χ1v) is 10.2. The molecule has 1 fully saturated rings. The third-order valence-corrected chi connectivity index (χ3v) is 5.44. The Hall–Kier alpha value is -4.14. The summed E-state index contributed by atoms with van der Waals surface area (Å²) in [7, 11) is 0. The topological polar surface area (TPSA) is 109 Å². The molecular weight excluding hydrogens is 412 g/mol. The SMILES string of the molecule is Cc1cc(C(=O)Nc2ccc(N3CCN(C(=O)c4ccco4)CC3)cc2)ccc1[N+](=O)[O-]. The number of benzene rings is 2. The van der Waals surface area contributed by atoms with Gasteiger partial charge in [-0.15, -0.1) is 0 Å². The van der Waals surface area contributed by atoms with Crippen molar-refractivity contribution in [3.8, 4) is 0 Å². The molecule has 3 aromatic rings. The minimum absolute atomic E-state index is 0.0168. The Morgan fingerprint density at radius 2 is 1.75 bits per heavy atom. The number of nitrogens with one attached hydrogen (secondary N) is 1. The van der Waals surface area contributed by atoms with Crippen molar-refractivity contribution < 1.29 is 18.9 Å². The standard InChI is InChI=1S/C23H22N4O5/c1-16-15-17(4-9-20(16)27(30)31)22(28)24-18-5-7-19(8-6-18)25-10-12-26(13-11-25)23(29)21-3-2-14-32-21/h2-9,14-15H,10-13H2,1H3,(H,24,28). The Morgan fingerprint density at radius 3 is 2.34 bits per heavy atom. The van der Waals surface area contributed by atoms with Crippen molar-refractivity contribution in [2.45, 2.75) is 6.92 Å². The molecule has 0 aliphatic carbocycles. The second kappa shape index (κ2) is 8.93.